The summed E-state index contributed by atoms with van der Waals surface area (Å²) < 4.78 is 6.56. The van der Waals surface area contributed by atoms with E-state index < -0.39 is 0 Å². The predicted molar refractivity (Wildman–Crippen MR) is 242 cm³/mol. The zero-order valence-corrected chi connectivity index (χ0v) is 31.7. The maximum absolute atomic E-state index is 6.56. The fraction of sp³-hybridized carbons (Fsp3) is 0.0545. The number of nitrogens with zero attached hydrogens (tertiary/aromatic N) is 1. The summed E-state index contributed by atoms with van der Waals surface area (Å²) in [5.74, 6) is 0. The summed E-state index contributed by atoms with van der Waals surface area (Å²) in [5.41, 5.74) is 11.6. The van der Waals surface area contributed by atoms with Gasteiger partial charge in [0.25, 0.3) is 0 Å². The van der Waals surface area contributed by atoms with E-state index in [1.807, 2.05) is 6.07 Å². The van der Waals surface area contributed by atoms with Crippen molar-refractivity contribution in [2.24, 2.45) is 0 Å². The van der Waals surface area contributed by atoms with Gasteiger partial charge < -0.3 is 9.32 Å². The van der Waals surface area contributed by atoms with Crippen molar-refractivity contribution >= 4 is 82.1 Å². The van der Waals surface area contributed by atoms with E-state index in [0.717, 1.165) is 51.8 Å². The molecule has 0 saturated carbocycles. The molecule has 2 nitrogen and oxygen atoms in total. The molecule has 10 aromatic carbocycles. The highest BCUT2D eigenvalue weighted by Gasteiger charge is 2.20. The summed E-state index contributed by atoms with van der Waals surface area (Å²) in [6.45, 7) is 2.28. The summed E-state index contributed by atoms with van der Waals surface area (Å²) >= 11 is 0. The fourth-order valence-corrected chi connectivity index (χ4v) is 9.21. The second-order valence-electron chi connectivity index (χ2n) is 15.2. The molecule has 0 aliphatic heterocycles. The molecule has 11 rings (SSSR count). The van der Waals surface area contributed by atoms with Crippen molar-refractivity contribution in [1.82, 2.24) is 0 Å². The Balaban J connectivity index is 0.990. The van der Waals surface area contributed by atoms with Gasteiger partial charge in [0, 0.05) is 22.1 Å². The largest absolute Gasteiger partial charge is 0.454 e. The first-order valence-corrected chi connectivity index (χ1v) is 19.9. The third-order valence-corrected chi connectivity index (χ3v) is 11.9. The van der Waals surface area contributed by atoms with Crippen molar-refractivity contribution in [2.75, 3.05) is 4.90 Å². The first-order chi connectivity index (χ1) is 28.2. The Bertz CT molecular complexity index is 3320. The van der Waals surface area contributed by atoms with E-state index >= 15 is 0 Å². The second kappa shape index (κ2) is 13.5. The Morgan fingerprint density at radius 1 is 0.421 bits per heavy atom. The monoisotopic (exact) mass is 729 g/mol. The van der Waals surface area contributed by atoms with Crippen LogP contribution in [0.25, 0.3) is 76.2 Å². The van der Waals surface area contributed by atoms with Crippen molar-refractivity contribution in [2.45, 2.75) is 19.8 Å². The lowest BCUT2D eigenvalue weighted by atomic mass is 9.86. The van der Waals surface area contributed by atoms with E-state index in [2.05, 4.69) is 200 Å². The second-order valence-corrected chi connectivity index (χ2v) is 15.2. The molecular weight excluding hydrogens is 691 g/mol. The van der Waals surface area contributed by atoms with Crippen molar-refractivity contribution in [1.29, 1.82) is 0 Å². The maximum Gasteiger partial charge on any atom is 0.159 e. The minimum atomic E-state index is 0.890. The van der Waals surface area contributed by atoms with Crippen molar-refractivity contribution in [3.05, 3.63) is 211 Å². The number of rotatable bonds is 7. The smallest absolute Gasteiger partial charge is 0.159 e. The number of anilines is 3. The molecule has 0 N–H and O–H groups in total. The Kier molecular flexibility index (Phi) is 7.89. The van der Waals surface area contributed by atoms with Crippen LogP contribution in [0, 0.1) is 6.92 Å². The Hall–Kier alpha value is -7.16. The van der Waals surface area contributed by atoms with Crippen LogP contribution in [0.15, 0.2) is 199 Å². The molecule has 0 bridgehead atoms. The van der Waals surface area contributed by atoms with Crippen molar-refractivity contribution in [3.8, 4) is 11.1 Å². The zero-order valence-electron chi connectivity index (χ0n) is 31.7. The number of benzene rings is 10. The molecule has 1 heterocycles. The lowest BCUT2D eigenvalue weighted by molar-refractivity contribution is 0.669. The van der Waals surface area contributed by atoms with Gasteiger partial charge in [-0.25, -0.2) is 0 Å². The van der Waals surface area contributed by atoms with Crippen LogP contribution < -0.4 is 4.90 Å². The van der Waals surface area contributed by atoms with Gasteiger partial charge >= 0.3 is 0 Å². The van der Waals surface area contributed by atoms with Crippen LogP contribution in [0.3, 0.4) is 0 Å². The first-order valence-electron chi connectivity index (χ1n) is 19.9. The standard InChI is InChI=1S/C55H39NO/c1-36-33-51-50(45-24-10-9-23-44(45)47-32-31-39-17-6-8-22-43(39)54(47)51)35-49(36)42-21-7-5-16-38(42)30-29-37-15-13-20-41(34-37)56(40-18-3-2-4-19-40)52-27-14-26-48-46-25-11-12-28-53(46)57-55(48)52/h2-28,31-35H,29-30H2,1H3. The van der Waals surface area contributed by atoms with E-state index in [1.165, 1.54) is 70.9 Å². The molecule has 0 radical (unpaired) electrons. The molecule has 57 heavy (non-hydrogen) atoms. The van der Waals surface area contributed by atoms with E-state index in [1.54, 1.807) is 0 Å². The minimum absolute atomic E-state index is 0.890. The summed E-state index contributed by atoms with van der Waals surface area (Å²) in [4.78, 5) is 2.33. The first kappa shape index (κ1) is 33.2. The van der Waals surface area contributed by atoms with E-state index in [4.69, 9.17) is 4.42 Å². The molecular formula is C55H39NO. The van der Waals surface area contributed by atoms with E-state index in [-0.39, 0.29) is 0 Å². The van der Waals surface area contributed by atoms with Gasteiger partial charge in [-0.15, -0.1) is 0 Å². The minimum Gasteiger partial charge on any atom is -0.454 e. The molecule has 0 amide bonds. The number of para-hydroxylation sites is 3. The van der Waals surface area contributed by atoms with Crippen molar-refractivity contribution in [3.63, 3.8) is 0 Å². The fourth-order valence-electron chi connectivity index (χ4n) is 9.21. The van der Waals surface area contributed by atoms with E-state index in [9.17, 15) is 0 Å². The van der Waals surface area contributed by atoms with Gasteiger partial charge in [-0.05, 0) is 133 Å². The van der Waals surface area contributed by atoms with Crippen LogP contribution in [-0.4, -0.2) is 0 Å². The quantitative estimate of drug-likeness (QED) is 0.152. The lowest BCUT2D eigenvalue weighted by Crippen LogP contribution is -2.10. The predicted octanol–water partition coefficient (Wildman–Crippen LogP) is 15.4. The van der Waals surface area contributed by atoms with Crippen LogP contribution in [0.4, 0.5) is 17.1 Å². The van der Waals surface area contributed by atoms with Gasteiger partial charge in [0.1, 0.15) is 5.58 Å². The Morgan fingerprint density at radius 3 is 1.98 bits per heavy atom. The van der Waals surface area contributed by atoms with Crippen LogP contribution in [0.1, 0.15) is 16.7 Å². The molecule has 270 valence electrons. The number of furan rings is 1. The van der Waals surface area contributed by atoms with Crippen LogP contribution in [0.2, 0.25) is 0 Å². The molecule has 2 heteroatoms. The molecule has 0 unspecified atom stereocenters. The molecule has 1 aromatic heterocycles. The summed E-state index contributed by atoms with van der Waals surface area (Å²) in [6, 6.07) is 70.6. The van der Waals surface area contributed by atoms with Crippen LogP contribution in [0.5, 0.6) is 0 Å². The molecule has 0 aliphatic rings. The normalized spacial score (nSPS) is 11.7. The van der Waals surface area contributed by atoms with Gasteiger partial charge in [-0.2, -0.15) is 0 Å². The highest BCUT2D eigenvalue weighted by Crippen LogP contribution is 2.44. The average Bonchev–Trinajstić information content (AvgIpc) is 3.66. The third-order valence-electron chi connectivity index (χ3n) is 11.9. The Labute approximate surface area is 331 Å². The maximum atomic E-state index is 6.56. The van der Waals surface area contributed by atoms with Crippen LogP contribution in [-0.2, 0) is 12.8 Å². The van der Waals surface area contributed by atoms with E-state index in [0.29, 0.717) is 0 Å². The molecule has 11 aromatic rings. The highest BCUT2D eigenvalue weighted by molar-refractivity contribution is 6.31. The molecule has 0 fully saturated rings. The van der Waals surface area contributed by atoms with Gasteiger partial charge in [0.2, 0.25) is 0 Å². The Morgan fingerprint density at radius 2 is 1.11 bits per heavy atom. The number of aryl methyl sites for hydroxylation is 3. The zero-order chi connectivity index (χ0) is 37.9. The van der Waals surface area contributed by atoms with Gasteiger partial charge in [0.15, 0.2) is 5.58 Å². The number of fused-ring (bicyclic) bond motifs is 11. The third kappa shape index (κ3) is 5.56. The molecule has 0 spiro atoms. The summed E-state index contributed by atoms with van der Waals surface area (Å²) in [7, 11) is 0. The number of hydrogen-bond acceptors (Lipinski definition) is 2. The summed E-state index contributed by atoms with van der Waals surface area (Å²) in [6.07, 6.45) is 1.83. The SMILES string of the molecule is Cc1cc2c(cc1-c1ccccc1CCc1cccc(N(c3ccccc3)c3cccc4c3oc3ccccc34)c1)c1ccccc1c1ccc3ccccc3c12. The van der Waals surface area contributed by atoms with Gasteiger partial charge in [-0.1, -0.05) is 152 Å². The van der Waals surface area contributed by atoms with Gasteiger partial charge in [-0.3, -0.25) is 0 Å². The topological polar surface area (TPSA) is 16.4 Å². The molecule has 0 aliphatic carbocycles. The average molecular weight is 730 g/mol. The molecule has 0 saturated heterocycles. The number of hydrogen-bond donors (Lipinski definition) is 0. The lowest BCUT2D eigenvalue weighted by Gasteiger charge is -2.26. The van der Waals surface area contributed by atoms with Crippen molar-refractivity contribution < 1.29 is 4.42 Å². The van der Waals surface area contributed by atoms with Gasteiger partial charge in [0.05, 0.1) is 5.69 Å². The highest BCUT2D eigenvalue weighted by atomic mass is 16.3. The molecule has 0 atom stereocenters. The van der Waals surface area contributed by atoms with Crippen LogP contribution >= 0.6 is 0 Å². The summed E-state index contributed by atoms with van der Waals surface area (Å²) in [5, 5.41) is 12.7.